The normalized spacial score (nSPS) is 11.5. The molecule has 0 heterocycles. The van der Waals surface area contributed by atoms with Crippen molar-refractivity contribution in [2.24, 2.45) is 0 Å². The number of rotatable bonds is 14. The molecule has 0 fully saturated rings. The zero-order valence-electron chi connectivity index (χ0n) is 15.5. The van der Waals surface area contributed by atoms with Crippen LogP contribution in [0.5, 0.6) is 0 Å². The number of ether oxygens (including phenoxy) is 1. The molecule has 0 amide bonds. The molecule has 0 unspecified atom stereocenters. The molecule has 0 aromatic carbocycles. The molecule has 0 saturated heterocycles. The fourth-order valence-electron chi connectivity index (χ4n) is 2.45. The predicted molar refractivity (Wildman–Crippen MR) is 94.6 cm³/mol. The molecule has 0 aliphatic carbocycles. The van der Waals surface area contributed by atoms with Gasteiger partial charge in [-0.2, -0.15) is 0 Å². The summed E-state index contributed by atoms with van der Waals surface area (Å²) in [6, 6.07) is 0. The molecule has 0 aliphatic rings. The maximum absolute atomic E-state index is 11.4. The monoisotopic (exact) mass is 312 g/mol. The van der Waals surface area contributed by atoms with Crippen LogP contribution < -0.4 is 0 Å². The summed E-state index contributed by atoms with van der Waals surface area (Å²) >= 11 is 0. The van der Waals surface area contributed by atoms with Gasteiger partial charge in [-0.1, -0.05) is 64.9 Å². The van der Waals surface area contributed by atoms with Gasteiger partial charge in [-0.3, -0.25) is 4.48 Å². The summed E-state index contributed by atoms with van der Waals surface area (Å²) in [6.07, 6.45) is 13.5. The lowest BCUT2D eigenvalue weighted by molar-refractivity contribution is -0.907. The minimum Gasteiger partial charge on any atom is -0.412 e. The predicted octanol–water partition coefficient (Wildman–Crippen LogP) is 5.06. The molecule has 0 aliphatic heterocycles. The van der Waals surface area contributed by atoms with Crippen LogP contribution in [0.3, 0.4) is 0 Å². The standard InChI is InChI=1S/C19H38NO2/c1-6-7-8-9-10-11-12-13-14-15-16-20(4,5)17-22-19(21)18(2)3/h2,6-17H2,1,3-5H3/q+1. The lowest BCUT2D eigenvalue weighted by atomic mass is 10.1. The third-order valence-electron chi connectivity index (χ3n) is 4.01. The molecule has 0 saturated carbocycles. The van der Waals surface area contributed by atoms with E-state index in [-0.39, 0.29) is 5.97 Å². The van der Waals surface area contributed by atoms with Gasteiger partial charge in [0.1, 0.15) is 0 Å². The quantitative estimate of drug-likeness (QED) is 0.147. The van der Waals surface area contributed by atoms with Gasteiger partial charge in [-0.25, -0.2) is 4.79 Å². The van der Waals surface area contributed by atoms with Crippen LogP contribution in [0.25, 0.3) is 0 Å². The average Bonchev–Trinajstić information content (AvgIpc) is 2.46. The Morgan fingerprint density at radius 3 is 1.82 bits per heavy atom. The Kier molecular flexibility index (Phi) is 12.2. The van der Waals surface area contributed by atoms with E-state index in [4.69, 9.17) is 4.74 Å². The fraction of sp³-hybridized carbons (Fsp3) is 0.842. The Morgan fingerprint density at radius 2 is 1.36 bits per heavy atom. The molecule has 22 heavy (non-hydrogen) atoms. The van der Waals surface area contributed by atoms with E-state index in [1.807, 2.05) is 0 Å². The molecule has 0 N–H and O–H groups in total. The molecule has 0 bridgehead atoms. The first-order valence-electron chi connectivity index (χ1n) is 9.03. The third kappa shape index (κ3) is 12.9. The van der Waals surface area contributed by atoms with Crippen molar-refractivity contribution in [2.75, 3.05) is 27.4 Å². The van der Waals surface area contributed by atoms with Gasteiger partial charge >= 0.3 is 5.97 Å². The van der Waals surface area contributed by atoms with E-state index in [1.165, 1.54) is 64.2 Å². The van der Waals surface area contributed by atoms with Gasteiger partial charge < -0.3 is 4.74 Å². The summed E-state index contributed by atoms with van der Waals surface area (Å²) in [5.74, 6) is -0.283. The van der Waals surface area contributed by atoms with Crippen LogP contribution in [-0.2, 0) is 9.53 Å². The second kappa shape index (κ2) is 12.7. The maximum atomic E-state index is 11.4. The Balaban J connectivity index is 3.48. The SMILES string of the molecule is C=C(C)C(=O)OC[N+](C)(C)CCCCCCCCCCCC. The number of carbonyl (C=O) groups is 1. The van der Waals surface area contributed by atoms with Gasteiger partial charge in [0.15, 0.2) is 0 Å². The van der Waals surface area contributed by atoms with E-state index < -0.39 is 0 Å². The van der Waals surface area contributed by atoms with E-state index in [9.17, 15) is 4.79 Å². The topological polar surface area (TPSA) is 26.3 Å². The smallest absolute Gasteiger partial charge is 0.337 e. The van der Waals surface area contributed by atoms with Crippen molar-refractivity contribution in [2.45, 2.75) is 78.1 Å². The van der Waals surface area contributed by atoms with Crippen LogP contribution >= 0.6 is 0 Å². The molecular formula is C19H38NO2+. The number of nitrogens with zero attached hydrogens (tertiary/aromatic N) is 1. The van der Waals surface area contributed by atoms with E-state index in [0.717, 1.165) is 11.0 Å². The minimum absolute atomic E-state index is 0.283. The van der Waals surface area contributed by atoms with Gasteiger partial charge in [0, 0.05) is 5.57 Å². The van der Waals surface area contributed by atoms with Crippen molar-refractivity contribution in [1.82, 2.24) is 0 Å². The highest BCUT2D eigenvalue weighted by Gasteiger charge is 2.17. The zero-order valence-corrected chi connectivity index (χ0v) is 15.5. The first kappa shape index (κ1) is 21.2. The number of esters is 1. The van der Waals surface area contributed by atoms with Gasteiger partial charge in [-0.15, -0.1) is 0 Å². The highest BCUT2D eigenvalue weighted by molar-refractivity contribution is 5.86. The van der Waals surface area contributed by atoms with Crippen LogP contribution in [0.2, 0.25) is 0 Å². The summed E-state index contributed by atoms with van der Waals surface area (Å²) in [5.41, 5.74) is 0.471. The highest BCUT2D eigenvalue weighted by Crippen LogP contribution is 2.11. The van der Waals surface area contributed by atoms with Crippen LogP contribution in [-0.4, -0.2) is 37.8 Å². The molecule has 0 aromatic heterocycles. The maximum Gasteiger partial charge on any atom is 0.337 e. The van der Waals surface area contributed by atoms with E-state index >= 15 is 0 Å². The Hall–Kier alpha value is -0.830. The second-order valence-electron chi connectivity index (χ2n) is 7.18. The number of hydrogen-bond acceptors (Lipinski definition) is 2. The van der Waals surface area contributed by atoms with Crippen LogP contribution in [0.15, 0.2) is 12.2 Å². The molecule has 3 heteroatoms. The van der Waals surface area contributed by atoms with Crippen molar-refractivity contribution < 1.29 is 14.0 Å². The molecule has 0 aromatic rings. The van der Waals surface area contributed by atoms with E-state index in [2.05, 4.69) is 27.6 Å². The average molecular weight is 313 g/mol. The Morgan fingerprint density at radius 1 is 0.909 bits per heavy atom. The zero-order chi connectivity index (χ0) is 16.8. The van der Waals surface area contributed by atoms with Gasteiger partial charge in [-0.05, 0) is 19.8 Å². The minimum atomic E-state index is -0.283. The van der Waals surface area contributed by atoms with E-state index in [0.29, 0.717) is 12.3 Å². The van der Waals surface area contributed by atoms with Gasteiger partial charge in [0.05, 0.1) is 20.6 Å². The molecule has 3 nitrogen and oxygen atoms in total. The summed E-state index contributed by atoms with van der Waals surface area (Å²) in [7, 11) is 4.22. The molecule has 0 atom stereocenters. The molecule has 130 valence electrons. The number of unbranched alkanes of at least 4 members (excludes halogenated alkanes) is 9. The highest BCUT2D eigenvalue weighted by atomic mass is 16.5. The largest absolute Gasteiger partial charge is 0.412 e. The third-order valence-corrected chi connectivity index (χ3v) is 4.01. The van der Waals surface area contributed by atoms with Crippen LogP contribution in [0, 0.1) is 0 Å². The van der Waals surface area contributed by atoms with Crippen molar-refractivity contribution >= 4 is 5.97 Å². The number of hydrogen-bond donors (Lipinski definition) is 0. The Labute approximate surface area is 138 Å². The molecule has 0 spiro atoms. The first-order valence-corrected chi connectivity index (χ1v) is 9.03. The molecular weight excluding hydrogens is 274 g/mol. The van der Waals surface area contributed by atoms with E-state index in [1.54, 1.807) is 6.92 Å². The van der Waals surface area contributed by atoms with Gasteiger partial charge in [0.2, 0.25) is 6.73 Å². The second-order valence-corrected chi connectivity index (χ2v) is 7.18. The Bertz CT molecular complexity index is 311. The van der Waals surface area contributed by atoms with Crippen LogP contribution in [0.1, 0.15) is 78.1 Å². The summed E-state index contributed by atoms with van der Waals surface area (Å²) in [6.45, 7) is 9.04. The van der Waals surface area contributed by atoms with Crippen molar-refractivity contribution in [3.63, 3.8) is 0 Å². The lowest BCUT2D eigenvalue weighted by Crippen LogP contribution is -2.43. The number of quaternary nitrogens is 1. The summed E-state index contributed by atoms with van der Waals surface area (Å²) < 4.78 is 5.98. The van der Waals surface area contributed by atoms with Crippen molar-refractivity contribution in [3.8, 4) is 0 Å². The first-order chi connectivity index (χ1) is 10.4. The van der Waals surface area contributed by atoms with Crippen molar-refractivity contribution in [1.29, 1.82) is 0 Å². The fourth-order valence-corrected chi connectivity index (χ4v) is 2.45. The lowest BCUT2D eigenvalue weighted by Gasteiger charge is -2.28. The number of carbonyl (C=O) groups excluding carboxylic acids is 1. The van der Waals surface area contributed by atoms with Crippen molar-refractivity contribution in [3.05, 3.63) is 12.2 Å². The molecule has 0 rings (SSSR count). The van der Waals surface area contributed by atoms with Gasteiger partial charge in [0.25, 0.3) is 0 Å². The molecule has 0 radical (unpaired) electrons. The summed E-state index contributed by atoms with van der Waals surface area (Å²) in [5, 5.41) is 0. The summed E-state index contributed by atoms with van der Waals surface area (Å²) in [4.78, 5) is 11.4. The van der Waals surface area contributed by atoms with Crippen LogP contribution in [0.4, 0.5) is 0 Å².